The summed E-state index contributed by atoms with van der Waals surface area (Å²) in [6, 6.07) is 9.15. The second-order valence-corrected chi connectivity index (χ2v) is 12.6. The standard InChI is InChI=1S/C23H30N4O4S3/c1-4-31-18-7-8-19-20(16-18)33-23(24-19)27(14-13-25(2)3)22(28)17-9-11-26(12-10-17)34(29,30)21-6-5-15-32-21/h5-8,15-17H,4,9-14H2,1-3H3. The van der Waals surface area contributed by atoms with Crippen molar-refractivity contribution in [2.75, 3.05) is 51.8 Å². The van der Waals surface area contributed by atoms with Gasteiger partial charge in [0.15, 0.2) is 5.13 Å². The highest BCUT2D eigenvalue weighted by Gasteiger charge is 2.35. The van der Waals surface area contributed by atoms with Crippen LogP contribution in [0.2, 0.25) is 0 Å². The van der Waals surface area contributed by atoms with Crippen LogP contribution >= 0.6 is 22.7 Å². The van der Waals surface area contributed by atoms with Crippen LogP contribution in [-0.2, 0) is 14.8 Å². The summed E-state index contributed by atoms with van der Waals surface area (Å²) >= 11 is 2.71. The molecule has 0 saturated carbocycles. The predicted octanol–water partition coefficient (Wildman–Crippen LogP) is 3.75. The third-order valence-electron chi connectivity index (χ3n) is 5.82. The van der Waals surface area contributed by atoms with Crippen LogP contribution in [0.15, 0.2) is 39.9 Å². The predicted molar refractivity (Wildman–Crippen MR) is 137 cm³/mol. The minimum atomic E-state index is -3.49. The van der Waals surface area contributed by atoms with Crippen molar-refractivity contribution in [2.45, 2.75) is 24.0 Å². The Balaban J connectivity index is 1.51. The van der Waals surface area contributed by atoms with E-state index >= 15 is 0 Å². The molecule has 2 aromatic heterocycles. The van der Waals surface area contributed by atoms with Crippen molar-refractivity contribution in [1.29, 1.82) is 0 Å². The van der Waals surface area contributed by atoms with Crippen LogP contribution in [-0.4, -0.2) is 75.4 Å². The number of carbonyl (C=O) groups is 1. The van der Waals surface area contributed by atoms with E-state index in [1.165, 1.54) is 27.0 Å². The number of aromatic nitrogens is 1. The summed E-state index contributed by atoms with van der Waals surface area (Å²) in [7, 11) is 0.461. The van der Waals surface area contributed by atoms with E-state index in [0.29, 0.717) is 55.0 Å². The lowest BCUT2D eigenvalue weighted by molar-refractivity contribution is -0.123. The minimum absolute atomic E-state index is 0.0131. The van der Waals surface area contributed by atoms with Gasteiger partial charge in [0.1, 0.15) is 9.96 Å². The summed E-state index contributed by atoms with van der Waals surface area (Å²) < 4.78 is 34.1. The summed E-state index contributed by atoms with van der Waals surface area (Å²) in [6.07, 6.45) is 1.00. The quantitative estimate of drug-likeness (QED) is 0.426. The van der Waals surface area contributed by atoms with Crippen molar-refractivity contribution in [3.05, 3.63) is 35.7 Å². The van der Waals surface area contributed by atoms with Gasteiger partial charge < -0.3 is 9.64 Å². The molecule has 0 atom stereocenters. The lowest BCUT2D eigenvalue weighted by atomic mass is 9.96. The number of amides is 1. The van der Waals surface area contributed by atoms with Crippen molar-refractivity contribution >= 4 is 54.0 Å². The number of hydrogen-bond acceptors (Lipinski definition) is 8. The number of benzene rings is 1. The van der Waals surface area contributed by atoms with Crippen LogP contribution in [0.1, 0.15) is 19.8 Å². The van der Waals surface area contributed by atoms with Gasteiger partial charge in [0.25, 0.3) is 10.0 Å². The number of hydrogen-bond donors (Lipinski definition) is 0. The molecule has 1 aromatic carbocycles. The van der Waals surface area contributed by atoms with Gasteiger partial charge in [-0.1, -0.05) is 17.4 Å². The molecule has 1 saturated heterocycles. The number of piperidine rings is 1. The van der Waals surface area contributed by atoms with Crippen LogP contribution in [0, 0.1) is 5.92 Å². The SMILES string of the molecule is CCOc1ccc2nc(N(CCN(C)C)C(=O)C3CCN(S(=O)(=O)c4cccs4)CC3)sc2c1. The molecule has 3 heterocycles. The Labute approximate surface area is 208 Å². The monoisotopic (exact) mass is 522 g/mol. The molecule has 0 radical (unpaired) electrons. The second kappa shape index (κ2) is 10.7. The molecule has 34 heavy (non-hydrogen) atoms. The molecule has 0 bridgehead atoms. The number of carbonyl (C=O) groups excluding carboxylic acids is 1. The van der Waals surface area contributed by atoms with Gasteiger partial charge in [-0.3, -0.25) is 9.69 Å². The molecule has 0 aliphatic carbocycles. The average molecular weight is 523 g/mol. The summed E-state index contributed by atoms with van der Waals surface area (Å²) in [5.41, 5.74) is 0.836. The van der Waals surface area contributed by atoms with Gasteiger partial charge in [-0.2, -0.15) is 4.31 Å². The third-order valence-corrected chi connectivity index (χ3v) is 10.1. The van der Waals surface area contributed by atoms with E-state index in [1.54, 1.807) is 22.4 Å². The highest BCUT2D eigenvalue weighted by atomic mass is 32.2. The fourth-order valence-electron chi connectivity index (χ4n) is 3.97. The van der Waals surface area contributed by atoms with Crippen molar-refractivity contribution in [3.63, 3.8) is 0 Å². The molecular weight excluding hydrogens is 492 g/mol. The molecule has 11 heteroatoms. The zero-order chi connectivity index (χ0) is 24.3. The number of anilines is 1. The molecule has 3 aromatic rings. The largest absolute Gasteiger partial charge is 0.494 e. The molecule has 184 valence electrons. The maximum absolute atomic E-state index is 13.6. The normalized spacial score (nSPS) is 15.8. The van der Waals surface area contributed by atoms with Crippen LogP contribution in [0.3, 0.4) is 0 Å². The van der Waals surface area contributed by atoms with Crippen molar-refractivity contribution < 1.29 is 17.9 Å². The van der Waals surface area contributed by atoms with E-state index in [0.717, 1.165) is 16.0 Å². The molecule has 1 fully saturated rings. The summed E-state index contributed by atoms with van der Waals surface area (Å²) in [5.74, 6) is 0.567. The number of fused-ring (bicyclic) bond motifs is 1. The Hall–Kier alpha value is -2.05. The fraction of sp³-hybridized carbons (Fsp3) is 0.478. The zero-order valence-electron chi connectivity index (χ0n) is 19.6. The van der Waals surface area contributed by atoms with Crippen LogP contribution in [0.25, 0.3) is 10.2 Å². The summed E-state index contributed by atoms with van der Waals surface area (Å²) in [6.45, 7) is 4.45. The Bertz CT molecular complexity index is 1220. The van der Waals surface area contributed by atoms with Crippen molar-refractivity contribution in [3.8, 4) is 5.75 Å². The summed E-state index contributed by atoms with van der Waals surface area (Å²) in [5, 5.41) is 2.44. The Morgan fingerprint density at radius 3 is 2.62 bits per heavy atom. The molecule has 0 N–H and O–H groups in total. The number of thiophene rings is 1. The number of rotatable bonds is 9. The van der Waals surface area contributed by atoms with Gasteiger partial charge in [0.05, 0.1) is 16.8 Å². The van der Waals surface area contributed by atoms with Crippen LogP contribution < -0.4 is 9.64 Å². The fourth-order valence-corrected chi connectivity index (χ4v) is 7.61. The van der Waals surface area contributed by atoms with Crippen LogP contribution in [0.5, 0.6) is 5.75 Å². The van der Waals surface area contributed by atoms with Gasteiger partial charge in [-0.25, -0.2) is 13.4 Å². The first-order valence-electron chi connectivity index (χ1n) is 11.3. The smallest absolute Gasteiger partial charge is 0.252 e. The van der Waals surface area contributed by atoms with Crippen molar-refractivity contribution in [1.82, 2.24) is 14.2 Å². The number of nitrogens with zero attached hydrogens (tertiary/aromatic N) is 4. The second-order valence-electron chi connectivity index (χ2n) is 8.46. The van der Waals surface area contributed by atoms with E-state index in [-0.39, 0.29) is 11.8 Å². The topological polar surface area (TPSA) is 83.1 Å². The maximum atomic E-state index is 13.6. The molecule has 4 rings (SSSR count). The molecule has 0 spiro atoms. The minimum Gasteiger partial charge on any atom is -0.494 e. The molecular formula is C23H30N4O4S3. The van der Waals surface area contributed by atoms with Crippen molar-refractivity contribution in [2.24, 2.45) is 5.92 Å². The molecule has 0 unspecified atom stereocenters. The highest BCUT2D eigenvalue weighted by molar-refractivity contribution is 7.91. The molecule has 1 aliphatic heterocycles. The van der Waals surface area contributed by atoms with E-state index < -0.39 is 10.0 Å². The number of ether oxygens (including phenoxy) is 1. The van der Waals surface area contributed by atoms with E-state index in [9.17, 15) is 13.2 Å². The Morgan fingerprint density at radius 1 is 1.21 bits per heavy atom. The zero-order valence-corrected chi connectivity index (χ0v) is 22.1. The van der Waals surface area contributed by atoms with E-state index in [2.05, 4.69) is 0 Å². The number of sulfonamides is 1. The average Bonchev–Trinajstić information content (AvgIpc) is 3.50. The van der Waals surface area contributed by atoms with Gasteiger partial charge in [0.2, 0.25) is 5.91 Å². The van der Waals surface area contributed by atoms with Gasteiger partial charge in [-0.15, -0.1) is 11.3 Å². The first-order chi connectivity index (χ1) is 16.3. The lowest BCUT2D eigenvalue weighted by Crippen LogP contribution is -2.45. The Kier molecular flexibility index (Phi) is 7.88. The number of likely N-dealkylation sites (N-methyl/N-ethyl adjacent to an activating group) is 1. The van der Waals surface area contributed by atoms with Gasteiger partial charge in [-0.05, 0) is 63.5 Å². The van der Waals surface area contributed by atoms with E-state index in [1.807, 2.05) is 44.1 Å². The number of thiazole rings is 1. The summed E-state index contributed by atoms with van der Waals surface area (Å²) in [4.78, 5) is 22.2. The third kappa shape index (κ3) is 5.44. The first kappa shape index (κ1) is 25.1. The first-order valence-corrected chi connectivity index (χ1v) is 14.5. The van der Waals surface area contributed by atoms with Gasteiger partial charge >= 0.3 is 0 Å². The lowest BCUT2D eigenvalue weighted by Gasteiger charge is -2.33. The molecule has 1 amide bonds. The Morgan fingerprint density at radius 2 is 1.97 bits per heavy atom. The maximum Gasteiger partial charge on any atom is 0.252 e. The molecule has 1 aliphatic rings. The van der Waals surface area contributed by atoms with Crippen LogP contribution in [0.4, 0.5) is 5.13 Å². The highest BCUT2D eigenvalue weighted by Crippen LogP contribution is 2.34. The molecule has 8 nitrogen and oxygen atoms in total. The van der Waals surface area contributed by atoms with E-state index in [4.69, 9.17) is 9.72 Å². The van der Waals surface area contributed by atoms with Gasteiger partial charge in [0, 0.05) is 32.1 Å².